The third kappa shape index (κ3) is 7.98. The molecule has 3 heteroatoms. The number of hydrogen-bond acceptors (Lipinski definition) is 3. The molecule has 12 heavy (non-hydrogen) atoms. The Bertz CT molecular complexity index is 88.6. The van der Waals surface area contributed by atoms with E-state index < -0.39 is 0 Å². The first-order chi connectivity index (χ1) is 5.81. The molecule has 0 aliphatic rings. The van der Waals surface area contributed by atoms with Crippen LogP contribution < -0.4 is 5.32 Å². The number of ether oxygens (including phenoxy) is 2. The molecule has 74 valence electrons. The Kier molecular flexibility index (Phi) is 8.88. The maximum absolute atomic E-state index is 5.18. The second-order valence-corrected chi connectivity index (χ2v) is 2.96. The van der Waals surface area contributed by atoms with Gasteiger partial charge in [0, 0.05) is 26.9 Å². The molecule has 0 radical (unpaired) electrons. The van der Waals surface area contributed by atoms with Crippen LogP contribution in [-0.4, -0.2) is 40.0 Å². The minimum absolute atomic E-state index is 0.580. The molecule has 0 aliphatic carbocycles. The van der Waals surface area contributed by atoms with Gasteiger partial charge in [-0.1, -0.05) is 6.92 Å². The van der Waals surface area contributed by atoms with Crippen molar-refractivity contribution in [3.8, 4) is 0 Å². The molecule has 1 atom stereocenters. The fourth-order valence-electron chi connectivity index (χ4n) is 0.981. The van der Waals surface area contributed by atoms with Crippen molar-refractivity contribution < 1.29 is 9.47 Å². The zero-order valence-electron chi connectivity index (χ0n) is 8.43. The van der Waals surface area contributed by atoms with Crippen molar-refractivity contribution in [2.75, 3.05) is 40.0 Å². The van der Waals surface area contributed by atoms with Crippen molar-refractivity contribution in [3.05, 3.63) is 0 Å². The van der Waals surface area contributed by atoms with E-state index in [0.29, 0.717) is 5.92 Å². The van der Waals surface area contributed by atoms with E-state index in [-0.39, 0.29) is 0 Å². The lowest BCUT2D eigenvalue weighted by Gasteiger charge is -2.10. The van der Waals surface area contributed by atoms with Gasteiger partial charge in [0.05, 0.1) is 6.61 Å². The fraction of sp³-hybridized carbons (Fsp3) is 1.00. The second-order valence-electron chi connectivity index (χ2n) is 2.96. The first-order valence-electron chi connectivity index (χ1n) is 4.58. The first-order valence-corrected chi connectivity index (χ1v) is 4.58. The zero-order chi connectivity index (χ0) is 9.23. The monoisotopic (exact) mass is 175 g/mol. The number of rotatable bonds is 8. The van der Waals surface area contributed by atoms with Gasteiger partial charge in [-0.2, -0.15) is 0 Å². The molecule has 1 N–H and O–H groups in total. The molecule has 0 spiro atoms. The van der Waals surface area contributed by atoms with Crippen LogP contribution in [0, 0.1) is 5.92 Å². The van der Waals surface area contributed by atoms with Gasteiger partial charge in [0.2, 0.25) is 0 Å². The van der Waals surface area contributed by atoms with Gasteiger partial charge < -0.3 is 14.8 Å². The van der Waals surface area contributed by atoms with Crippen LogP contribution in [0.15, 0.2) is 0 Å². The highest BCUT2D eigenvalue weighted by Crippen LogP contribution is 1.91. The highest BCUT2D eigenvalue weighted by molar-refractivity contribution is 4.54. The molecule has 0 rings (SSSR count). The summed E-state index contributed by atoms with van der Waals surface area (Å²) in [5.74, 6) is 0.580. The Morgan fingerprint density at radius 2 is 2.17 bits per heavy atom. The Morgan fingerprint density at radius 3 is 2.75 bits per heavy atom. The van der Waals surface area contributed by atoms with E-state index in [0.717, 1.165) is 32.9 Å². The molecular formula is C9H21NO2. The largest absolute Gasteiger partial charge is 0.384 e. The lowest BCUT2D eigenvalue weighted by Crippen LogP contribution is -2.27. The maximum Gasteiger partial charge on any atom is 0.0590 e. The molecule has 0 bridgehead atoms. The molecule has 1 unspecified atom stereocenters. The van der Waals surface area contributed by atoms with Crippen LogP contribution in [0.5, 0.6) is 0 Å². The third-order valence-corrected chi connectivity index (χ3v) is 1.57. The van der Waals surface area contributed by atoms with Crippen LogP contribution in [0.1, 0.15) is 13.8 Å². The molecule has 0 saturated carbocycles. The van der Waals surface area contributed by atoms with Crippen molar-refractivity contribution in [2.45, 2.75) is 13.8 Å². The van der Waals surface area contributed by atoms with E-state index in [1.807, 2.05) is 6.92 Å². The van der Waals surface area contributed by atoms with Gasteiger partial charge in [-0.05, 0) is 19.4 Å². The summed E-state index contributed by atoms with van der Waals surface area (Å²) in [6, 6.07) is 0. The summed E-state index contributed by atoms with van der Waals surface area (Å²) < 4.78 is 10.2. The zero-order valence-corrected chi connectivity index (χ0v) is 8.43. The normalized spacial score (nSPS) is 13.2. The Morgan fingerprint density at radius 1 is 1.42 bits per heavy atom. The average Bonchev–Trinajstić information content (AvgIpc) is 2.05. The highest BCUT2D eigenvalue weighted by atomic mass is 16.5. The highest BCUT2D eigenvalue weighted by Gasteiger charge is 1.98. The predicted molar refractivity (Wildman–Crippen MR) is 50.4 cm³/mol. The molecule has 0 heterocycles. The van der Waals surface area contributed by atoms with Crippen molar-refractivity contribution in [1.29, 1.82) is 0 Å². The molecule has 0 amide bonds. The van der Waals surface area contributed by atoms with Crippen LogP contribution in [-0.2, 0) is 9.47 Å². The number of hydrogen-bond donors (Lipinski definition) is 1. The SMILES string of the molecule is CCOCCNCC(C)COC. The van der Waals surface area contributed by atoms with E-state index in [4.69, 9.17) is 9.47 Å². The summed E-state index contributed by atoms with van der Waals surface area (Å²) in [4.78, 5) is 0. The van der Waals surface area contributed by atoms with Crippen LogP contribution in [0.3, 0.4) is 0 Å². The van der Waals surface area contributed by atoms with Crippen molar-refractivity contribution in [2.24, 2.45) is 5.92 Å². The van der Waals surface area contributed by atoms with E-state index in [9.17, 15) is 0 Å². The van der Waals surface area contributed by atoms with Gasteiger partial charge in [-0.3, -0.25) is 0 Å². The van der Waals surface area contributed by atoms with Gasteiger partial charge in [0.1, 0.15) is 0 Å². The molecule has 0 aromatic carbocycles. The minimum atomic E-state index is 0.580. The lowest BCUT2D eigenvalue weighted by atomic mass is 10.2. The van der Waals surface area contributed by atoms with E-state index >= 15 is 0 Å². The summed E-state index contributed by atoms with van der Waals surface area (Å²) in [5.41, 5.74) is 0. The van der Waals surface area contributed by atoms with Gasteiger partial charge in [-0.25, -0.2) is 0 Å². The summed E-state index contributed by atoms with van der Waals surface area (Å²) in [6.45, 7) is 8.53. The van der Waals surface area contributed by atoms with Crippen LogP contribution >= 0.6 is 0 Å². The molecule has 0 aliphatic heterocycles. The Labute approximate surface area is 75.4 Å². The molecular weight excluding hydrogens is 154 g/mol. The Hall–Kier alpha value is -0.120. The lowest BCUT2D eigenvalue weighted by molar-refractivity contribution is 0.140. The van der Waals surface area contributed by atoms with Crippen LogP contribution in [0.2, 0.25) is 0 Å². The summed E-state index contributed by atoms with van der Waals surface area (Å²) in [6.07, 6.45) is 0. The van der Waals surface area contributed by atoms with Gasteiger partial charge >= 0.3 is 0 Å². The van der Waals surface area contributed by atoms with Crippen LogP contribution in [0.25, 0.3) is 0 Å². The molecule has 3 nitrogen and oxygen atoms in total. The minimum Gasteiger partial charge on any atom is -0.384 e. The fourth-order valence-corrected chi connectivity index (χ4v) is 0.981. The standard InChI is InChI=1S/C9H21NO2/c1-4-12-6-5-10-7-9(2)8-11-3/h9-10H,4-8H2,1-3H3. The van der Waals surface area contributed by atoms with Gasteiger partial charge in [-0.15, -0.1) is 0 Å². The topological polar surface area (TPSA) is 30.5 Å². The summed E-state index contributed by atoms with van der Waals surface area (Å²) >= 11 is 0. The summed E-state index contributed by atoms with van der Waals surface area (Å²) in [5, 5.41) is 3.30. The van der Waals surface area contributed by atoms with E-state index in [1.54, 1.807) is 7.11 Å². The number of methoxy groups -OCH3 is 1. The molecule has 0 aromatic heterocycles. The summed E-state index contributed by atoms with van der Waals surface area (Å²) in [7, 11) is 1.73. The van der Waals surface area contributed by atoms with E-state index in [2.05, 4.69) is 12.2 Å². The van der Waals surface area contributed by atoms with Crippen molar-refractivity contribution in [1.82, 2.24) is 5.32 Å². The quantitative estimate of drug-likeness (QED) is 0.556. The van der Waals surface area contributed by atoms with Crippen molar-refractivity contribution >= 4 is 0 Å². The maximum atomic E-state index is 5.18. The number of nitrogens with one attached hydrogen (secondary N) is 1. The van der Waals surface area contributed by atoms with Crippen LogP contribution in [0.4, 0.5) is 0 Å². The smallest absolute Gasteiger partial charge is 0.0590 e. The molecule has 0 fully saturated rings. The molecule has 0 saturated heterocycles. The van der Waals surface area contributed by atoms with Crippen molar-refractivity contribution in [3.63, 3.8) is 0 Å². The second kappa shape index (κ2) is 8.97. The molecule has 0 aromatic rings. The third-order valence-electron chi connectivity index (χ3n) is 1.57. The van der Waals surface area contributed by atoms with E-state index in [1.165, 1.54) is 0 Å². The van der Waals surface area contributed by atoms with Gasteiger partial charge in [0.15, 0.2) is 0 Å². The Balaban J connectivity index is 2.97. The predicted octanol–water partition coefficient (Wildman–Crippen LogP) is 0.895. The first kappa shape index (κ1) is 11.9. The average molecular weight is 175 g/mol. The van der Waals surface area contributed by atoms with Gasteiger partial charge in [0.25, 0.3) is 0 Å².